The maximum Gasteiger partial charge on any atom is 0.337 e. The number of nitrogens with zero attached hydrogens (tertiary/aromatic N) is 2. The lowest BCUT2D eigenvalue weighted by atomic mass is 9.87. The van der Waals surface area contributed by atoms with Crippen LogP contribution in [-0.2, 0) is 20.0 Å². The van der Waals surface area contributed by atoms with Crippen molar-refractivity contribution in [1.82, 2.24) is 14.9 Å². The van der Waals surface area contributed by atoms with Gasteiger partial charge >= 0.3 is 5.97 Å². The normalized spacial score (nSPS) is 12.7. The number of hydrogen-bond acceptors (Lipinski definition) is 7. The number of benzene rings is 4. The summed E-state index contributed by atoms with van der Waals surface area (Å²) in [5.41, 5.74) is 4.06. The Hall–Kier alpha value is -4.60. The van der Waals surface area contributed by atoms with E-state index >= 15 is 0 Å². The molecule has 44 heavy (non-hydrogen) atoms. The quantitative estimate of drug-likeness (QED) is 0.208. The highest BCUT2D eigenvalue weighted by atomic mass is 32.2. The molecule has 0 bridgehead atoms. The van der Waals surface area contributed by atoms with Gasteiger partial charge in [-0.25, -0.2) is 18.2 Å². The molecule has 1 unspecified atom stereocenters. The van der Waals surface area contributed by atoms with Gasteiger partial charge < -0.3 is 4.74 Å². The number of carbonyl (C=O) groups excluding carboxylic acids is 1. The molecular formula is C35H35N3O5S. The fourth-order valence-corrected chi connectivity index (χ4v) is 6.17. The zero-order chi connectivity index (χ0) is 31.6. The Labute approximate surface area is 257 Å². The summed E-state index contributed by atoms with van der Waals surface area (Å²) in [5.74, 6) is -0.342. The first-order valence-corrected chi connectivity index (χ1v) is 15.9. The molecule has 9 heteroatoms. The number of fused-ring (bicyclic) bond motifs is 1. The van der Waals surface area contributed by atoms with Gasteiger partial charge in [-0.3, -0.25) is 14.7 Å². The van der Waals surface area contributed by atoms with E-state index in [1.807, 2.05) is 54.6 Å². The molecule has 5 rings (SSSR count). The number of sulfone groups is 1. The van der Waals surface area contributed by atoms with Crippen LogP contribution < -0.4 is 10.9 Å². The number of esters is 1. The Morgan fingerprint density at radius 1 is 0.886 bits per heavy atom. The number of aromatic nitrogens is 2. The van der Waals surface area contributed by atoms with E-state index < -0.39 is 21.8 Å². The minimum absolute atomic E-state index is 0.0895. The maximum absolute atomic E-state index is 13.8. The van der Waals surface area contributed by atoms with Gasteiger partial charge in [-0.05, 0) is 77.6 Å². The van der Waals surface area contributed by atoms with Gasteiger partial charge in [0, 0.05) is 0 Å². The summed E-state index contributed by atoms with van der Waals surface area (Å²) in [6.45, 7) is 8.02. The van der Waals surface area contributed by atoms with Crippen molar-refractivity contribution in [1.29, 1.82) is 0 Å². The fraction of sp³-hybridized carbons (Fsp3) is 0.229. The van der Waals surface area contributed by atoms with Gasteiger partial charge in [0.25, 0.3) is 5.56 Å². The van der Waals surface area contributed by atoms with Crippen molar-refractivity contribution in [3.8, 4) is 16.8 Å². The first-order chi connectivity index (χ1) is 20.9. The molecule has 0 radical (unpaired) electrons. The van der Waals surface area contributed by atoms with Gasteiger partial charge in [-0.1, -0.05) is 69.3 Å². The summed E-state index contributed by atoms with van der Waals surface area (Å²) in [6.07, 6.45) is 0. The first-order valence-electron chi connectivity index (χ1n) is 14.3. The number of hydrogen-bond donors (Lipinski definition) is 1. The largest absolute Gasteiger partial charge is 0.465 e. The molecule has 226 valence electrons. The highest BCUT2D eigenvalue weighted by molar-refractivity contribution is 7.91. The number of carbonyl (C=O) groups is 1. The minimum Gasteiger partial charge on any atom is -0.465 e. The zero-order valence-electron chi connectivity index (χ0n) is 25.4. The van der Waals surface area contributed by atoms with Crippen LogP contribution in [0.3, 0.4) is 0 Å². The zero-order valence-corrected chi connectivity index (χ0v) is 26.2. The van der Waals surface area contributed by atoms with Gasteiger partial charge in [-0.15, -0.1) is 0 Å². The predicted octanol–water partition coefficient (Wildman–Crippen LogP) is 6.22. The predicted molar refractivity (Wildman–Crippen MR) is 173 cm³/mol. The first kappa shape index (κ1) is 30.8. The van der Waals surface area contributed by atoms with Crippen LogP contribution in [0.25, 0.3) is 27.7 Å². The van der Waals surface area contributed by atoms with Crippen molar-refractivity contribution in [2.45, 2.75) is 44.0 Å². The molecule has 0 aliphatic heterocycles. The Morgan fingerprint density at radius 3 is 2.07 bits per heavy atom. The molecule has 0 aliphatic carbocycles. The Balaban J connectivity index is 1.46. The standard InChI is InChI=1S/C35H35N3O5S/c1-23(36-22-44(41,42)29-20-16-27(17-21-29)35(2,3)4)32-37-31-9-7-6-8-30(31)33(39)38(32)28-18-14-25(15-19-28)24-10-12-26(13-11-24)34(40)43-5/h6-21,23,36H,22H2,1-5H3. The summed E-state index contributed by atoms with van der Waals surface area (Å²) in [5, 5.41) is 3.55. The van der Waals surface area contributed by atoms with Crippen LogP contribution in [-0.4, -0.2) is 36.9 Å². The van der Waals surface area contributed by atoms with Gasteiger partial charge in [0.15, 0.2) is 9.84 Å². The second kappa shape index (κ2) is 12.2. The second-order valence-electron chi connectivity index (χ2n) is 11.7. The van der Waals surface area contributed by atoms with E-state index in [4.69, 9.17) is 9.72 Å². The maximum atomic E-state index is 13.8. The third-order valence-electron chi connectivity index (χ3n) is 7.61. The van der Waals surface area contributed by atoms with Crippen molar-refractivity contribution in [2.75, 3.05) is 13.0 Å². The third kappa shape index (κ3) is 6.34. The topological polar surface area (TPSA) is 107 Å². The summed E-state index contributed by atoms with van der Waals surface area (Å²) in [4.78, 5) is 30.6. The molecule has 5 aromatic rings. The molecule has 0 fully saturated rings. The van der Waals surface area contributed by atoms with Crippen LogP contribution in [0.1, 0.15) is 55.5 Å². The molecule has 0 saturated carbocycles. The van der Waals surface area contributed by atoms with E-state index in [0.29, 0.717) is 28.0 Å². The fourth-order valence-electron chi connectivity index (χ4n) is 4.98. The molecule has 0 saturated heterocycles. The molecule has 1 heterocycles. The van der Waals surface area contributed by atoms with E-state index in [1.54, 1.807) is 49.4 Å². The lowest BCUT2D eigenvalue weighted by molar-refractivity contribution is 0.0600. The van der Waals surface area contributed by atoms with E-state index in [1.165, 1.54) is 11.7 Å². The summed E-state index contributed by atoms with van der Waals surface area (Å²) in [7, 11) is -2.32. The van der Waals surface area contributed by atoms with Crippen LogP contribution in [0, 0.1) is 0 Å². The lowest BCUT2D eigenvalue weighted by Crippen LogP contribution is -2.32. The Bertz CT molecular complexity index is 1980. The van der Waals surface area contributed by atoms with Crippen LogP contribution in [0.4, 0.5) is 0 Å². The molecule has 1 N–H and O–H groups in total. The molecule has 1 atom stereocenters. The van der Waals surface area contributed by atoms with E-state index in [0.717, 1.165) is 16.7 Å². The average molecular weight is 610 g/mol. The van der Waals surface area contributed by atoms with Crippen LogP contribution in [0.15, 0.2) is 107 Å². The van der Waals surface area contributed by atoms with E-state index in [2.05, 4.69) is 26.1 Å². The molecule has 4 aromatic carbocycles. The number of methoxy groups -OCH3 is 1. The Morgan fingerprint density at radius 2 is 1.48 bits per heavy atom. The van der Waals surface area contributed by atoms with E-state index in [-0.39, 0.29) is 21.7 Å². The highest BCUT2D eigenvalue weighted by Gasteiger charge is 2.22. The van der Waals surface area contributed by atoms with Crippen LogP contribution >= 0.6 is 0 Å². The van der Waals surface area contributed by atoms with Crippen molar-refractivity contribution < 1.29 is 17.9 Å². The van der Waals surface area contributed by atoms with Gasteiger partial charge in [-0.2, -0.15) is 0 Å². The number of rotatable bonds is 8. The van der Waals surface area contributed by atoms with Crippen molar-refractivity contribution in [3.63, 3.8) is 0 Å². The van der Waals surface area contributed by atoms with Gasteiger partial charge in [0.05, 0.1) is 40.2 Å². The molecule has 0 spiro atoms. The minimum atomic E-state index is -3.66. The molecular weight excluding hydrogens is 574 g/mol. The Kier molecular flexibility index (Phi) is 8.54. The average Bonchev–Trinajstić information content (AvgIpc) is 3.03. The van der Waals surface area contributed by atoms with Gasteiger partial charge in [0.2, 0.25) is 0 Å². The van der Waals surface area contributed by atoms with Crippen LogP contribution in [0.2, 0.25) is 0 Å². The summed E-state index contributed by atoms with van der Waals surface area (Å²) in [6, 6.07) is 28.0. The summed E-state index contributed by atoms with van der Waals surface area (Å²) < 4.78 is 32.8. The number of nitrogens with one attached hydrogen (secondary N) is 1. The molecule has 0 amide bonds. The third-order valence-corrected chi connectivity index (χ3v) is 9.15. The molecule has 1 aromatic heterocycles. The van der Waals surface area contributed by atoms with E-state index in [9.17, 15) is 18.0 Å². The SMILES string of the molecule is COC(=O)c1ccc(-c2ccc(-n3c(C(C)NCS(=O)(=O)c4ccc(C(C)(C)C)cc4)nc4ccccc4c3=O)cc2)cc1. The van der Waals surface area contributed by atoms with Crippen LogP contribution in [0.5, 0.6) is 0 Å². The second-order valence-corrected chi connectivity index (χ2v) is 13.7. The smallest absolute Gasteiger partial charge is 0.337 e. The van der Waals surface area contributed by atoms with Crippen molar-refractivity contribution >= 4 is 26.7 Å². The van der Waals surface area contributed by atoms with Crippen molar-refractivity contribution in [2.24, 2.45) is 0 Å². The monoisotopic (exact) mass is 609 g/mol. The molecule has 8 nitrogen and oxygen atoms in total. The molecule has 0 aliphatic rings. The van der Waals surface area contributed by atoms with Gasteiger partial charge in [0.1, 0.15) is 11.7 Å². The highest BCUT2D eigenvalue weighted by Crippen LogP contribution is 2.26. The number of ether oxygens (including phenoxy) is 1. The summed E-state index contributed by atoms with van der Waals surface area (Å²) >= 11 is 0. The number of para-hydroxylation sites is 1. The van der Waals surface area contributed by atoms with Crippen molar-refractivity contribution in [3.05, 3.63) is 124 Å². The lowest BCUT2D eigenvalue weighted by Gasteiger charge is -2.21.